The third kappa shape index (κ3) is 4.46. The van der Waals surface area contributed by atoms with Gasteiger partial charge in [0, 0.05) is 17.9 Å². The molecule has 0 amide bonds. The van der Waals surface area contributed by atoms with Crippen LogP contribution in [0.3, 0.4) is 0 Å². The summed E-state index contributed by atoms with van der Waals surface area (Å²) in [4.78, 5) is 4.32. The maximum atomic E-state index is 11.5. The van der Waals surface area contributed by atoms with Gasteiger partial charge in [0.2, 0.25) is 10.0 Å². The van der Waals surface area contributed by atoms with Crippen LogP contribution < -0.4 is 10.0 Å². The van der Waals surface area contributed by atoms with Crippen molar-refractivity contribution in [2.45, 2.75) is 26.8 Å². The Kier molecular flexibility index (Phi) is 5.03. The zero-order valence-electron chi connectivity index (χ0n) is 13.0. The fourth-order valence-electron chi connectivity index (χ4n) is 1.95. The van der Waals surface area contributed by atoms with Crippen molar-refractivity contribution in [3.8, 4) is 0 Å². The third-order valence-electron chi connectivity index (χ3n) is 3.34. The highest BCUT2D eigenvalue weighted by atomic mass is 32.2. The van der Waals surface area contributed by atoms with E-state index in [4.69, 9.17) is 0 Å². The van der Waals surface area contributed by atoms with Crippen LogP contribution in [0.5, 0.6) is 0 Å². The van der Waals surface area contributed by atoms with Crippen molar-refractivity contribution in [2.75, 3.05) is 15.8 Å². The molecule has 0 spiro atoms. The molecule has 6 heteroatoms. The molecular formula is C16H21N3O2S. The number of aryl methyl sites for hydroxylation is 1. The van der Waals surface area contributed by atoms with E-state index in [2.05, 4.69) is 15.0 Å². The normalized spacial score (nSPS) is 12.7. The summed E-state index contributed by atoms with van der Waals surface area (Å²) in [5, 5.41) is 3.31. The maximum absolute atomic E-state index is 11.5. The molecule has 0 radical (unpaired) electrons. The molecule has 118 valence electrons. The van der Waals surface area contributed by atoms with E-state index < -0.39 is 10.0 Å². The summed E-state index contributed by atoms with van der Waals surface area (Å²) >= 11 is 0. The summed E-state index contributed by atoms with van der Waals surface area (Å²) in [7, 11) is -3.23. The van der Waals surface area contributed by atoms with E-state index in [0.29, 0.717) is 5.69 Å². The number of nitrogens with zero attached hydrogens (tertiary/aromatic N) is 1. The minimum atomic E-state index is -3.23. The summed E-state index contributed by atoms with van der Waals surface area (Å²) in [6.45, 7) is 5.64. The molecule has 0 aliphatic heterocycles. The van der Waals surface area contributed by atoms with Gasteiger partial charge in [-0.2, -0.15) is 0 Å². The first-order valence-electron chi connectivity index (χ1n) is 7.19. The highest BCUT2D eigenvalue weighted by molar-refractivity contribution is 7.92. The van der Waals surface area contributed by atoms with Crippen molar-refractivity contribution in [2.24, 2.45) is 0 Å². The average molecular weight is 319 g/mol. The van der Waals surface area contributed by atoms with Crippen molar-refractivity contribution in [1.29, 1.82) is 0 Å². The lowest BCUT2D eigenvalue weighted by Crippen LogP contribution is -2.14. The molecule has 1 heterocycles. The number of sulfonamides is 1. The van der Waals surface area contributed by atoms with E-state index in [-0.39, 0.29) is 11.8 Å². The van der Waals surface area contributed by atoms with Gasteiger partial charge in [0.1, 0.15) is 5.82 Å². The molecule has 0 saturated carbocycles. The van der Waals surface area contributed by atoms with E-state index >= 15 is 0 Å². The first kappa shape index (κ1) is 16.3. The van der Waals surface area contributed by atoms with Crippen molar-refractivity contribution in [3.05, 3.63) is 53.7 Å². The fraction of sp³-hybridized carbons (Fsp3) is 0.312. The van der Waals surface area contributed by atoms with E-state index in [0.717, 1.165) is 16.9 Å². The van der Waals surface area contributed by atoms with Crippen LogP contribution in [-0.2, 0) is 10.0 Å². The van der Waals surface area contributed by atoms with E-state index in [1.165, 1.54) is 0 Å². The largest absolute Gasteiger partial charge is 0.364 e. The Hall–Kier alpha value is -2.08. The third-order valence-corrected chi connectivity index (χ3v) is 4.65. The average Bonchev–Trinajstić information content (AvgIpc) is 2.50. The van der Waals surface area contributed by atoms with Crippen LogP contribution in [0.15, 0.2) is 42.6 Å². The summed E-state index contributed by atoms with van der Waals surface area (Å²) in [5.41, 5.74) is 2.75. The number of nitrogens with one attached hydrogen (secondary N) is 2. The van der Waals surface area contributed by atoms with Gasteiger partial charge in [0.25, 0.3) is 0 Å². The number of hydrogen-bond acceptors (Lipinski definition) is 4. The van der Waals surface area contributed by atoms with Crippen LogP contribution in [0.25, 0.3) is 0 Å². The van der Waals surface area contributed by atoms with Crippen LogP contribution >= 0.6 is 0 Å². The lowest BCUT2D eigenvalue weighted by atomic mass is 10.1. The standard InChI is InChI=1S/C16H21N3O2S/c1-4-22(20,21)19-15-8-6-14(7-9-15)13(3)18-16-10-5-12(2)11-17-16/h5-11,13,19H,4H2,1-3H3,(H,17,18). The number of anilines is 2. The molecule has 2 aromatic rings. The number of aromatic nitrogens is 1. The predicted octanol–water partition coefficient (Wildman–Crippen LogP) is 3.32. The molecule has 0 bridgehead atoms. The van der Waals surface area contributed by atoms with Gasteiger partial charge in [-0.25, -0.2) is 13.4 Å². The smallest absolute Gasteiger partial charge is 0.232 e. The fourth-order valence-corrected chi connectivity index (χ4v) is 2.59. The van der Waals surface area contributed by atoms with E-state index in [9.17, 15) is 8.42 Å². The predicted molar refractivity (Wildman–Crippen MR) is 90.5 cm³/mol. The van der Waals surface area contributed by atoms with Crippen LogP contribution in [0.4, 0.5) is 11.5 Å². The molecular weight excluding hydrogens is 298 g/mol. The molecule has 0 aliphatic rings. The highest BCUT2D eigenvalue weighted by Gasteiger charge is 2.09. The van der Waals surface area contributed by atoms with Crippen LogP contribution in [0.2, 0.25) is 0 Å². The van der Waals surface area contributed by atoms with Gasteiger partial charge in [0.05, 0.1) is 5.75 Å². The summed E-state index contributed by atoms with van der Waals surface area (Å²) in [6, 6.07) is 11.4. The second kappa shape index (κ2) is 6.79. The quantitative estimate of drug-likeness (QED) is 0.857. The van der Waals surface area contributed by atoms with Crippen LogP contribution in [-0.4, -0.2) is 19.2 Å². The number of hydrogen-bond donors (Lipinski definition) is 2. The Bertz CT molecular complexity index is 710. The van der Waals surface area contributed by atoms with Crippen LogP contribution in [0, 0.1) is 6.92 Å². The van der Waals surface area contributed by atoms with E-state index in [1.54, 1.807) is 19.1 Å². The summed E-state index contributed by atoms with van der Waals surface area (Å²) in [5.74, 6) is 0.875. The Labute approximate surface area is 131 Å². The zero-order valence-corrected chi connectivity index (χ0v) is 13.8. The molecule has 0 fully saturated rings. The van der Waals surface area contributed by atoms with Gasteiger partial charge in [-0.3, -0.25) is 4.72 Å². The van der Waals surface area contributed by atoms with Crippen LogP contribution in [0.1, 0.15) is 31.0 Å². The van der Waals surface area contributed by atoms with Gasteiger partial charge in [-0.1, -0.05) is 18.2 Å². The molecule has 22 heavy (non-hydrogen) atoms. The zero-order chi connectivity index (χ0) is 16.2. The Balaban J connectivity index is 2.04. The highest BCUT2D eigenvalue weighted by Crippen LogP contribution is 2.20. The Morgan fingerprint density at radius 2 is 1.82 bits per heavy atom. The molecule has 1 unspecified atom stereocenters. The number of pyridine rings is 1. The summed E-state index contributed by atoms with van der Waals surface area (Å²) in [6.07, 6.45) is 1.82. The second-order valence-electron chi connectivity index (χ2n) is 5.21. The molecule has 0 saturated heterocycles. The maximum Gasteiger partial charge on any atom is 0.232 e. The van der Waals surface area contributed by atoms with Gasteiger partial charge in [-0.05, 0) is 50.1 Å². The molecule has 2 N–H and O–H groups in total. The van der Waals surface area contributed by atoms with Gasteiger partial charge < -0.3 is 5.32 Å². The number of benzene rings is 1. The van der Waals surface area contributed by atoms with Gasteiger partial charge >= 0.3 is 0 Å². The minimum absolute atomic E-state index is 0.0613. The lowest BCUT2D eigenvalue weighted by molar-refractivity contribution is 0.602. The minimum Gasteiger partial charge on any atom is -0.364 e. The molecule has 1 atom stereocenters. The van der Waals surface area contributed by atoms with Gasteiger partial charge in [0.15, 0.2) is 0 Å². The summed E-state index contributed by atoms with van der Waals surface area (Å²) < 4.78 is 25.6. The topological polar surface area (TPSA) is 71.1 Å². The van der Waals surface area contributed by atoms with E-state index in [1.807, 2.05) is 44.3 Å². The monoisotopic (exact) mass is 319 g/mol. The molecule has 0 aliphatic carbocycles. The van der Waals surface area contributed by atoms with Crippen molar-refractivity contribution in [3.63, 3.8) is 0 Å². The molecule has 2 rings (SSSR count). The number of rotatable bonds is 6. The Morgan fingerprint density at radius 3 is 2.36 bits per heavy atom. The lowest BCUT2D eigenvalue weighted by Gasteiger charge is -2.15. The Morgan fingerprint density at radius 1 is 1.14 bits per heavy atom. The second-order valence-corrected chi connectivity index (χ2v) is 7.23. The SMILES string of the molecule is CCS(=O)(=O)Nc1ccc(C(C)Nc2ccc(C)cn2)cc1. The van der Waals surface area contributed by atoms with Crippen molar-refractivity contribution in [1.82, 2.24) is 4.98 Å². The van der Waals surface area contributed by atoms with Gasteiger partial charge in [-0.15, -0.1) is 0 Å². The first-order valence-corrected chi connectivity index (χ1v) is 8.84. The first-order chi connectivity index (χ1) is 10.4. The molecule has 1 aromatic carbocycles. The molecule has 5 nitrogen and oxygen atoms in total. The van der Waals surface area contributed by atoms with Crippen molar-refractivity contribution < 1.29 is 8.42 Å². The molecule has 1 aromatic heterocycles. The van der Waals surface area contributed by atoms with Crippen molar-refractivity contribution >= 4 is 21.5 Å².